The van der Waals surface area contributed by atoms with Gasteiger partial charge in [-0.3, -0.25) is 18.8 Å². The summed E-state index contributed by atoms with van der Waals surface area (Å²) in [6, 6.07) is 26.4. The number of aromatic hydroxyl groups is 3. The fourth-order valence-electron chi connectivity index (χ4n) is 5.51. The number of pyridine rings is 4. The van der Waals surface area contributed by atoms with Gasteiger partial charge < -0.3 is 20.1 Å². The Balaban J connectivity index is 0.000000154. The Morgan fingerprint density at radius 3 is 1.59 bits per heavy atom. The molecule has 0 atom stereocenters. The second-order valence-electron chi connectivity index (χ2n) is 10.7. The molecule has 0 aliphatic carbocycles. The van der Waals surface area contributed by atoms with Crippen LogP contribution < -0.4 is 4.74 Å². The smallest absolute Gasteiger partial charge is 0.165 e. The van der Waals surface area contributed by atoms with E-state index in [2.05, 4.69) is 19.9 Å². The zero-order valence-electron chi connectivity index (χ0n) is 25.7. The van der Waals surface area contributed by atoms with E-state index in [1.807, 2.05) is 30.3 Å². The third-order valence-corrected chi connectivity index (χ3v) is 7.78. The molecule has 49 heavy (non-hydrogen) atoms. The molecule has 242 valence electrons. The van der Waals surface area contributed by atoms with Crippen LogP contribution in [0.1, 0.15) is 0 Å². The molecule has 0 amide bonds. The molecule has 8 rings (SSSR count). The molecule has 3 N–H and O–H groups in total. The summed E-state index contributed by atoms with van der Waals surface area (Å²) in [7, 11) is 1.57. The molecule has 12 heteroatoms. The number of fused-ring (bicyclic) bond motifs is 2. The Hall–Kier alpha value is -6.82. The maximum Gasteiger partial charge on any atom is 0.165 e. The SMILES string of the molecule is COc1cccnc1-c1nc(-c2cccc(F)c2O)n2ccccc12.Oc1cccnc1-c1nc(-c2cccc(F)c2O)n2ccccc12. The topological polar surface area (TPSA) is 130 Å². The van der Waals surface area contributed by atoms with Crippen molar-refractivity contribution in [1.29, 1.82) is 0 Å². The number of benzene rings is 2. The van der Waals surface area contributed by atoms with Gasteiger partial charge in [0.1, 0.15) is 45.9 Å². The summed E-state index contributed by atoms with van der Waals surface area (Å²) in [4.78, 5) is 17.7. The summed E-state index contributed by atoms with van der Waals surface area (Å²) in [5, 5.41) is 30.3. The standard InChI is InChI=1S/C19H14FN3O2.C18H12FN3O2/c1-25-15-9-5-10-21-17(15)16-14-8-2-3-11-23(14)19(22-16)12-6-4-7-13(20)18(12)24;19-12-6-3-5-11(17(12)24)18-21-15(13-7-1-2-10-22(13)18)16-14(23)8-4-9-20-16/h2-11,24H,1H3;1-10,23-24H. The Labute approximate surface area is 277 Å². The monoisotopic (exact) mass is 656 g/mol. The first-order valence-corrected chi connectivity index (χ1v) is 14.9. The van der Waals surface area contributed by atoms with Gasteiger partial charge in [0.25, 0.3) is 0 Å². The molecule has 6 heterocycles. The molecule has 10 nitrogen and oxygen atoms in total. The maximum atomic E-state index is 13.8. The van der Waals surface area contributed by atoms with Crippen molar-refractivity contribution in [3.8, 4) is 68.5 Å². The number of phenols is 2. The van der Waals surface area contributed by atoms with Crippen LogP contribution in [0.4, 0.5) is 8.78 Å². The van der Waals surface area contributed by atoms with Crippen LogP contribution in [0.5, 0.6) is 23.0 Å². The minimum Gasteiger partial charge on any atom is -0.506 e. The first kappa shape index (κ1) is 30.8. The molecule has 0 saturated carbocycles. The molecule has 0 bridgehead atoms. The number of hydrogen-bond donors (Lipinski definition) is 3. The second kappa shape index (κ2) is 12.8. The van der Waals surface area contributed by atoms with Gasteiger partial charge in [0.05, 0.1) is 29.3 Å². The van der Waals surface area contributed by atoms with E-state index in [4.69, 9.17) is 4.74 Å². The Morgan fingerprint density at radius 1 is 0.551 bits per heavy atom. The van der Waals surface area contributed by atoms with Gasteiger partial charge in [0.15, 0.2) is 23.1 Å². The van der Waals surface area contributed by atoms with E-state index >= 15 is 0 Å². The predicted octanol–water partition coefficient (Wildman–Crippen LogP) is 7.53. The molecule has 0 aliphatic heterocycles. The highest BCUT2D eigenvalue weighted by atomic mass is 19.1. The lowest BCUT2D eigenvalue weighted by Gasteiger charge is -2.04. The Bertz CT molecular complexity index is 2480. The molecule has 0 spiro atoms. The third kappa shape index (κ3) is 5.50. The van der Waals surface area contributed by atoms with Gasteiger partial charge in [0.2, 0.25) is 0 Å². The van der Waals surface area contributed by atoms with Crippen LogP contribution in [0.3, 0.4) is 0 Å². The minimum atomic E-state index is -0.720. The minimum absolute atomic E-state index is 0.00336. The van der Waals surface area contributed by atoms with E-state index in [1.54, 1.807) is 77.1 Å². The van der Waals surface area contributed by atoms with E-state index in [0.29, 0.717) is 51.3 Å². The summed E-state index contributed by atoms with van der Waals surface area (Å²) in [5.41, 5.74) is 3.98. The number of hydrogen-bond acceptors (Lipinski definition) is 8. The van der Waals surface area contributed by atoms with Crippen molar-refractivity contribution in [1.82, 2.24) is 28.7 Å². The summed E-state index contributed by atoms with van der Waals surface area (Å²) < 4.78 is 36.4. The summed E-state index contributed by atoms with van der Waals surface area (Å²) in [5.74, 6) is -0.942. The van der Waals surface area contributed by atoms with E-state index in [0.717, 1.165) is 5.52 Å². The molecule has 8 aromatic rings. The number of halogens is 2. The molecular weight excluding hydrogens is 630 g/mol. The molecular formula is C37H26F2N6O4. The zero-order chi connectivity index (χ0) is 34.1. The van der Waals surface area contributed by atoms with E-state index < -0.39 is 23.1 Å². The molecule has 2 aromatic carbocycles. The van der Waals surface area contributed by atoms with Crippen molar-refractivity contribution in [3.05, 3.63) is 133 Å². The number of aromatic nitrogens is 6. The molecule has 0 radical (unpaired) electrons. The second-order valence-corrected chi connectivity index (χ2v) is 10.7. The van der Waals surface area contributed by atoms with Gasteiger partial charge in [0, 0.05) is 24.8 Å². The summed E-state index contributed by atoms with van der Waals surface area (Å²) >= 11 is 0. The van der Waals surface area contributed by atoms with Crippen LogP contribution in [0.15, 0.2) is 122 Å². The first-order valence-electron chi connectivity index (χ1n) is 14.9. The van der Waals surface area contributed by atoms with E-state index in [-0.39, 0.29) is 11.3 Å². The molecule has 0 unspecified atom stereocenters. The maximum absolute atomic E-state index is 13.8. The zero-order valence-corrected chi connectivity index (χ0v) is 25.7. The molecule has 0 fully saturated rings. The van der Waals surface area contributed by atoms with Gasteiger partial charge in [-0.1, -0.05) is 24.3 Å². The lowest BCUT2D eigenvalue weighted by atomic mass is 10.2. The highest BCUT2D eigenvalue weighted by Crippen LogP contribution is 2.38. The third-order valence-electron chi connectivity index (χ3n) is 7.78. The van der Waals surface area contributed by atoms with Crippen molar-refractivity contribution >= 4 is 11.0 Å². The summed E-state index contributed by atoms with van der Waals surface area (Å²) in [6.45, 7) is 0. The number of ether oxygens (including phenoxy) is 1. The van der Waals surface area contributed by atoms with Crippen LogP contribution >= 0.6 is 0 Å². The Morgan fingerprint density at radius 2 is 1.06 bits per heavy atom. The van der Waals surface area contributed by atoms with Crippen LogP contribution in [-0.4, -0.2) is 51.2 Å². The number of imidazole rings is 2. The highest BCUT2D eigenvalue weighted by molar-refractivity contribution is 5.84. The van der Waals surface area contributed by atoms with Gasteiger partial charge in [-0.2, -0.15) is 0 Å². The van der Waals surface area contributed by atoms with Gasteiger partial charge >= 0.3 is 0 Å². The van der Waals surface area contributed by atoms with Crippen molar-refractivity contribution < 1.29 is 28.8 Å². The first-order chi connectivity index (χ1) is 23.9. The number of nitrogens with zero attached hydrogens (tertiary/aromatic N) is 6. The number of rotatable bonds is 5. The quantitative estimate of drug-likeness (QED) is 0.173. The average molecular weight is 657 g/mol. The van der Waals surface area contributed by atoms with Crippen LogP contribution in [0.2, 0.25) is 0 Å². The van der Waals surface area contributed by atoms with Crippen LogP contribution in [-0.2, 0) is 0 Å². The summed E-state index contributed by atoms with van der Waals surface area (Å²) in [6.07, 6.45) is 6.78. The average Bonchev–Trinajstić information content (AvgIpc) is 3.70. The fraction of sp³-hybridized carbons (Fsp3) is 0.0270. The van der Waals surface area contributed by atoms with Gasteiger partial charge in [-0.15, -0.1) is 0 Å². The number of phenolic OH excluding ortho intramolecular Hbond substituents is 2. The Kier molecular flexibility index (Phi) is 8.02. The van der Waals surface area contributed by atoms with E-state index in [1.165, 1.54) is 30.3 Å². The van der Waals surface area contributed by atoms with Crippen LogP contribution in [0, 0.1) is 11.6 Å². The van der Waals surface area contributed by atoms with Crippen molar-refractivity contribution in [2.24, 2.45) is 0 Å². The highest BCUT2D eigenvalue weighted by Gasteiger charge is 2.22. The van der Waals surface area contributed by atoms with Crippen molar-refractivity contribution in [2.75, 3.05) is 7.11 Å². The normalized spacial score (nSPS) is 11.0. The van der Waals surface area contributed by atoms with E-state index in [9.17, 15) is 24.1 Å². The van der Waals surface area contributed by atoms with Crippen LogP contribution in [0.25, 0.3) is 56.6 Å². The van der Waals surface area contributed by atoms with Gasteiger partial charge in [-0.05, 0) is 72.8 Å². The molecule has 0 aliphatic rings. The largest absolute Gasteiger partial charge is 0.506 e. The van der Waals surface area contributed by atoms with Crippen molar-refractivity contribution in [3.63, 3.8) is 0 Å². The fourth-order valence-corrected chi connectivity index (χ4v) is 5.51. The molecule has 0 saturated heterocycles. The lowest BCUT2D eigenvalue weighted by Crippen LogP contribution is -1.91. The lowest BCUT2D eigenvalue weighted by molar-refractivity contribution is 0.414. The van der Waals surface area contributed by atoms with Gasteiger partial charge in [-0.25, -0.2) is 18.7 Å². The number of methoxy groups -OCH3 is 1. The molecule has 6 aromatic heterocycles. The predicted molar refractivity (Wildman–Crippen MR) is 179 cm³/mol. The van der Waals surface area contributed by atoms with Crippen molar-refractivity contribution in [2.45, 2.75) is 0 Å². The number of para-hydroxylation sites is 2.